The van der Waals surface area contributed by atoms with Crippen LogP contribution in [-0.2, 0) is 0 Å². The quantitative estimate of drug-likeness (QED) is 0.844. The minimum absolute atomic E-state index is 0.473. The lowest BCUT2D eigenvalue weighted by Gasteiger charge is -2.26. The van der Waals surface area contributed by atoms with E-state index in [1.165, 1.54) is 6.33 Å². The minimum atomic E-state index is 0.473. The fourth-order valence-electron chi connectivity index (χ4n) is 2.51. The number of ether oxygens (including phenoxy) is 1. The van der Waals surface area contributed by atoms with Gasteiger partial charge in [0.1, 0.15) is 17.9 Å². The van der Waals surface area contributed by atoms with Crippen LogP contribution in [0.3, 0.4) is 0 Å². The molecule has 6 heteroatoms. The smallest absolute Gasteiger partial charge is 0.143 e. The summed E-state index contributed by atoms with van der Waals surface area (Å²) in [5.74, 6) is 1.26. The Morgan fingerprint density at radius 1 is 1.14 bits per heavy atom. The number of nitrogens with zero attached hydrogens (tertiary/aromatic N) is 4. The standard InChI is InChI=1S/C16H25N5O/c1-5-21(6-2)8-7-20(3)14-10-13-12(9-15(14)22-4)16(17)19-11-18-13/h9-11H,5-8H2,1-4H3,(H2,17,18,19). The predicted octanol–water partition coefficient (Wildman–Crippen LogP) is 2.00. The Morgan fingerprint density at radius 2 is 1.86 bits per heavy atom. The molecule has 0 unspecified atom stereocenters. The largest absolute Gasteiger partial charge is 0.495 e. The first kappa shape index (κ1) is 16.3. The molecule has 0 fully saturated rings. The number of nitrogen functional groups attached to an aromatic ring is 1. The van der Waals surface area contributed by atoms with Gasteiger partial charge in [-0.05, 0) is 25.2 Å². The topological polar surface area (TPSA) is 67.5 Å². The number of likely N-dealkylation sites (N-methyl/N-ethyl adjacent to an activating group) is 2. The molecule has 0 amide bonds. The van der Waals surface area contributed by atoms with Crippen molar-refractivity contribution in [1.82, 2.24) is 14.9 Å². The molecule has 0 aliphatic heterocycles. The van der Waals surface area contributed by atoms with Crippen molar-refractivity contribution in [1.29, 1.82) is 0 Å². The van der Waals surface area contributed by atoms with Gasteiger partial charge in [-0.2, -0.15) is 0 Å². The van der Waals surface area contributed by atoms with E-state index in [1.54, 1.807) is 7.11 Å². The van der Waals surface area contributed by atoms with Crippen LogP contribution in [-0.4, -0.2) is 55.2 Å². The van der Waals surface area contributed by atoms with Gasteiger partial charge in [0.05, 0.1) is 18.3 Å². The molecule has 0 radical (unpaired) electrons. The predicted molar refractivity (Wildman–Crippen MR) is 91.6 cm³/mol. The highest BCUT2D eigenvalue weighted by Gasteiger charge is 2.13. The third-order valence-electron chi connectivity index (χ3n) is 4.02. The van der Waals surface area contributed by atoms with E-state index in [2.05, 4.69) is 40.7 Å². The van der Waals surface area contributed by atoms with Crippen LogP contribution in [0.2, 0.25) is 0 Å². The normalized spacial score (nSPS) is 11.1. The molecule has 0 aliphatic rings. The van der Waals surface area contributed by atoms with Gasteiger partial charge in [-0.15, -0.1) is 0 Å². The van der Waals surface area contributed by atoms with Crippen LogP contribution in [0.5, 0.6) is 5.75 Å². The summed E-state index contributed by atoms with van der Waals surface area (Å²) in [6.07, 6.45) is 1.49. The van der Waals surface area contributed by atoms with E-state index in [4.69, 9.17) is 10.5 Å². The van der Waals surface area contributed by atoms with E-state index in [-0.39, 0.29) is 0 Å². The van der Waals surface area contributed by atoms with Crippen molar-refractivity contribution in [2.75, 3.05) is 51.0 Å². The van der Waals surface area contributed by atoms with Gasteiger partial charge in [-0.1, -0.05) is 13.8 Å². The van der Waals surface area contributed by atoms with Crippen LogP contribution in [0.1, 0.15) is 13.8 Å². The Bertz CT molecular complexity index is 627. The Morgan fingerprint density at radius 3 is 2.50 bits per heavy atom. The molecule has 0 saturated carbocycles. The van der Waals surface area contributed by atoms with Gasteiger partial charge >= 0.3 is 0 Å². The Balaban J connectivity index is 2.29. The zero-order chi connectivity index (χ0) is 16.1. The second-order valence-corrected chi connectivity index (χ2v) is 5.25. The highest BCUT2D eigenvalue weighted by atomic mass is 16.5. The fraction of sp³-hybridized carbons (Fsp3) is 0.500. The van der Waals surface area contributed by atoms with Crippen molar-refractivity contribution in [2.24, 2.45) is 0 Å². The lowest BCUT2D eigenvalue weighted by Crippen LogP contribution is -2.33. The molecule has 0 bridgehead atoms. The van der Waals surface area contributed by atoms with Crippen LogP contribution < -0.4 is 15.4 Å². The molecule has 0 saturated heterocycles. The van der Waals surface area contributed by atoms with Crippen LogP contribution in [0.4, 0.5) is 11.5 Å². The first-order valence-corrected chi connectivity index (χ1v) is 7.62. The molecule has 22 heavy (non-hydrogen) atoms. The molecule has 1 aromatic heterocycles. The molecule has 2 N–H and O–H groups in total. The molecule has 0 atom stereocenters. The second kappa shape index (κ2) is 7.26. The molecule has 120 valence electrons. The van der Waals surface area contributed by atoms with Gasteiger partial charge in [0.25, 0.3) is 0 Å². The summed E-state index contributed by atoms with van der Waals surface area (Å²) < 4.78 is 5.52. The molecule has 2 rings (SSSR count). The summed E-state index contributed by atoms with van der Waals surface area (Å²) >= 11 is 0. The van der Waals surface area contributed by atoms with E-state index in [1.807, 2.05) is 12.1 Å². The van der Waals surface area contributed by atoms with Gasteiger partial charge in [0, 0.05) is 25.5 Å². The minimum Gasteiger partial charge on any atom is -0.495 e. The van der Waals surface area contributed by atoms with Crippen molar-refractivity contribution in [3.63, 3.8) is 0 Å². The average Bonchev–Trinajstić information content (AvgIpc) is 2.54. The Labute approximate surface area is 131 Å². The first-order valence-electron chi connectivity index (χ1n) is 7.62. The van der Waals surface area contributed by atoms with Gasteiger partial charge < -0.3 is 20.3 Å². The van der Waals surface area contributed by atoms with Crippen molar-refractivity contribution in [2.45, 2.75) is 13.8 Å². The van der Waals surface area contributed by atoms with Gasteiger partial charge in [-0.3, -0.25) is 0 Å². The van der Waals surface area contributed by atoms with Crippen LogP contribution in [0.25, 0.3) is 10.9 Å². The summed E-state index contributed by atoms with van der Waals surface area (Å²) in [6, 6.07) is 3.92. The Kier molecular flexibility index (Phi) is 5.38. The molecule has 6 nitrogen and oxygen atoms in total. The number of methoxy groups -OCH3 is 1. The highest BCUT2D eigenvalue weighted by molar-refractivity contribution is 5.92. The lowest BCUT2D eigenvalue weighted by atomic mass is 10.2. The molecule has 1 aromatic carbocycles. The summed E-state index contributed by atoms with van der Waals surface area (Å²) in [5.41, 5.74) is 7.76. The summed E-state index contributed by atoms with van der Waals surface area (Å²) in [5, 5.41) is 0.820. The maximum absolute atomic E-state index is 5.91. The number of anilines is 2. The second-order valence-electron chi connectivity index (χ2n) is 5.25. The summed E-state index contributed by atoms with van der Waals surface area (Å²) in [7, 11) is 3.74. The Hall–Kier alpha value is -2.08. The van der Waals surface area contributed by atoms with E-state index < -0.39 is 0 Å². The van der Waals surface area contributed by atoms with Crippen molar-refractivity contribution in [3.05, 3.63) is 18.5 Å². The zero-order valence-electron chi connectivity index (χ0n) is 13.8. The third-order valence-corrected chi connectivity index (χ3v) is 4.02. The number of hydrogen-bond donors (Lipinski definition) is 1. The van der Waals surface area contributed by atoms with Crippen LogP contribution in [0.15, 0.2) is 18.5 Å². The maximum Gasteiger partial charge on any atom is 0.143 e. The van der Waals surface area contributed by atoms with Gasteiger partial charge in [0.15, 0.2) is 0 Å². The van der Waals surface area contributed by atoms with E-state index >= 15 is 0 Å². The molecule has 2 aromatic rings. The number of fused-ring (bicyclic) bond motifs is 1. The van der Waals surface area contributed by atoms with Crippen molar-refractivity contribution < 1.29 is 4.74 Å². The molecule has 0 spiro atoms. The van der Waals surface area contributed by atoms with Gasteiger partial charge in [-0.25, -0.2) is 9.97 Å². The van der Waals surface area contributed by atoms with Crippen LogP contribution >= 0.6 is 0 Å². The highest BCUT2D eigenvalue weighted by Crippen LogP contribution is 2.33. The number of aromatic nitrogens is 2. The monoisotopic (exact) mass is 303 g/mol. The molecule has 0 aliphatic carbocycles. The van der Waals surface area contributed by atoms with E-state index in [0.717, 1.165) is 48.5 Å². The molecule has 1 heterocycles. The number of benzene rings is 1. The van der Waals surface area contributed by atoms with Gasteiger partial charge in [0.2, 0.25) is 0 Å². The van der Waals surface area contributed by atoms with Crippen molar-refractivity contribution >= 4 is 22.4 Å². The number of nitrogens with two attached hydrogens (primary N) is 1. The fourth-order valence-corrected chi connectivity index (χ4v) is 2.51. The average molecular weight is 303 g/mol. The maximum atomic E-state index is 5.91. The number of hydrogen-bond acceptors (Lipinski definition) is 6. The van der Waals surface area contributed by atoms with Crippen molar-refractivity contribution in [3.8, 4) is 5.75 Å². The zero-order valence-corrected chi connectivity index (χ0v) is 13.8. The summed E-state index contributed by atoms with van der Waals surface area (Å²) in [6.45, 7) is 8.41. The SMILES string of the molecule is CCN(CC)CCN(C)c1cc2ncnc(N)c2cc1OC. The third kappa shape index (κ3) is 3.39. The molecular weight excluding hydrogens is 278 g/mol. The summed E-state index contributed by atoms with van der Waals surface area (Å²) in [4.78, 5) is 12.9. The van der Waals surface area contributed by atoms with Crippen LogP contribution in [0, 0.1) is 0 Å². The van der Waals surface area contributed by atoms with E-state index in [0.29, 0.717) is 5.82 Å². The lowest BCUT2D eigenvalue weighted by molar-refractivity contribution is 0.310. The number of rotatable bonds is 7. The molecular formula is C16H25N5O. The van der Waals surface area contributed by atoms with E-state index in [9.17, 15) is 0 Å². The first-order chi connectivity index (χ1) is 10.6.